The van der Waals surface area contributed by atoms with Crippen molar-refractivity contribution in [3.8, 4) is 0 Å². The molecule has 0 saturated heterocycles. The number of hydrogen-bond donors (Lipinski definition) is 1. The van der Waals surface area contributed by atoms with Crippen molar-refractivity contribution in [1.29, 1.82) is 0 Å². The van der Waals surface area contributed by atoms with Crippen LogP contribution in [-0.2, 0) is 24.2 Å². The van der Waals surface area contributed by atoms with Crippen molar-refractivity contribution in [3.05, 3.63) is 51.3 Å². The maximum Gasteiger partial charge on any atom is 0.226 e. The molecule has 2 aliphatic carbocycles. The lowest BCUT2D eigenvalue weighted by molar-refractivity contribution is -0.120. The van der Waals surface area contributed by atoms with Crippen LogP contribution in [0.5, 0.6) is 0 Å². The van der Waals surface area contributed by atoms with E-state index in [4.69, 9.17) is 4.99 Å². The van der Waals surface area contributed by atoms with E-state index in [0.29, 0.717) is 25.0 Å². The molecule has 1 N–H and O–H groups in total. The predicted molar refractivity (Wildman–Crippen MR) is 124 cm³/mol. The molecule has 1 aromatic carbocycles. The first-order valence-corrected chi connectivity index (χ1v) is 12.7. The standard InChI is InChI=1S/C25H35N3OS/c1-2-3-7-19-10-12-20(13-11-19)17-26-24(29)16-23-18-30-25(28(23)22-14-15-22)27-21-8-5-4-6-9-21/h10-13,18,21-22H,2-9,14-17H2,1H3,(H,26,29). The van der Waals surface area contributed by atoms with Crippen molar-refractivity contribution in [2.75, 3.05) is 0 Å². The van der Waals surface area contributed by atoms with Crippen molar-refractivity contribution in [2.24, 2.45) is 4.99 Å². The number of rotatable bonds is 9. The van der Waals surface area contributed by atoms with Gasteiger partial charge in [-0.1, -0.05) is 56.9 Å². The molecule has 2 fully saturated rings. The van der Waals surface area contributed by atoms with E-state index in [1.165, 1.54) is 63.4 Å². The van der Waals surface area contributed by atoms with Gasteiger partial charge >= 0.3 is 0 Å². The summed E-state index contributed by atoms with van der Waals surface area (Å²) in [6, 6.07) is 9.69. The maximum atomic E-state index is 12.6. The van der Waals surface area contributed by atoms with Crippen LogP contribution in [0.4, 0.5) is 0 Å². The van der Waals surface area contributed by atoms with Gasteiger partial charge in [-0.15, -0.1) is 11.3 Å². The van der Waals surface area contributed by atoms with Gasteiger partial charge in [-0.05, 0) is 49.7 Å². The Hall–Kier alpha value is -1.88. The fourth-order valence-electron chi connectivity index (χ4n) is 4.30. The van der Waals surface area contributed by atoms with Crippen LogP contribution < -0.4 is 10.1 Å². The van der Waals surface area contributed by atoms with E-state index >= 15 is 0 Å². The van der Waals surface area contributed by atoms with E-state index in [2.05, 4.69) is 46.5 Å². The minimum absolute atomic E-state index is 0.0986. The summed E-state index contributed by atoms with van der Waals surface area (Å²) in [5.41, 5.74) is 3.67. The van der Waals surface area contributed by atoms with E-state index in [1.54, 1.807) is 11.3 Å². The van der Waals surface area contributed by atoms with Crippen LogP contribution in [0.15, 0.2) is 34.6 Å². The van der Waals surface area contributed by atoms with Gasteiger partial charge in [0.1, 0.15) is 0 Å². The zero-order chi connectivity index (χ0) is 20.8. The van der Waals surface area contributed by atoms with E-state index in [1.807, 2.05) is 0 Å². The molecular weight excluding hydrogens is 390 g/mol. The fourth-order valence-corrected chi connectivity index (χ4v) is 5.33. The smallest absolute Gasteiger partial charge is 0.226 e. The highest BCUT2D eigenvalue weighted by Gasteiger charge is 2.28. The molecule has 0 spiro atoms. The first-order valence-electron chi connectivity index (χ1n) is 11.8. The van der Waals surface area contributed by atoms with Crippen LogP contribution in [0.25, 0.3) is 0 Å². The number of unbranched alkanes of at least 4 members (excludes halogenated alkanes) is 1. The average Bonchev–Trinajstić information content (AvgIpc) is 3.54. The predicted octanol–water partition coefficient (Wildman–Crippen LogP) is 5.32. The number of carbonyl (C=O) groups is 1. The van der Waals surface area contributed by atoms with Crippen molar-refractivity contribution in [2.45, 2.75) is 96.2 Å². The Labute approximate surface area is 184 Å². The second-order valence-corrected chi connectivity index (χ2v) is 9.74. The number of thiazole rings is 1. The molecule has 30 heavy (non-hydrogen) atoms. The third-order valence-electron chi connectivity index (χ3n) is 6.27. The summed E-state index contributed by atoms with van der Waals surface area (Å²) >= 11 is 1.72. The molecule has 0 radical (unpaired) electrons. The Morgan fingerprint density at radius 3 is 2.53 bits per heavy atom. The topological polar surface area (TPSA) is 46.4 Å². The molecule has 4 nitrogen and oxygen atoms in total. The molecule has 0 bridgehead atoms. The summed E-state index contributed by atoms with van der Waals surface area (Å²) in [6.07, 6.45) is 12.9. The van der Waals surface area contributed by atoms with Crippen molar-refractivity contribution >= 4 is 17.2 Å². The number of aryl methyl sites for hydroxylation is 1. The van der Waals surface area contributed by atoms with Crippen LogP contribution in [0.1, 0.15) is 87.6 Å². The SMILES string of the molecule is CCCCc1ccc(CNC(=O)Cc2csc(=NC3CCCCC3)n2C2CC2)cc1. The van der Waals surface area contributed by atoms with Gasteiger partial charge < -0.3 is 9.88 Å². The molecule has 2 saturated carbocycles. The lowest BCUT2D eigenvalue weighted by atomic mass is 9.96. The minimum atomic E-state index is 0.0986. The van der Waals surface area contributed by atoms with Crippen LogP contribution >= 0.6 is 11.3 Å². The third-order valence-corrected chi connectivity index (χ3v) is 7.17. The fraction of sp³-hybridized carbons (Fsp3) is 0.600. The first kappa shape index (κ1) is 21.4. The van der Waals surface area contributed by atoms with Gasteiger partial charge in [-0.25, -0.2) is 0 Å². The number of amides is 1. The third kappa shape index (κ3) is 5.84. The van der Waals surface area contributed by atoms with Gasteiger partial charge in [-0.3, -0.25) is 9.79 Å². The van der Waals surface area contributed by atoms with Gasteiger partial charge in [0, 0.05) is 23.7 Å². The molecule has 2 aliphatic rings. The Bertz CT molecular complexity index is 886. The summed E-state index contributed by atoms with van der Waals surface area (Å²) in [5.74, 6) is 0.0986. The van der Waals surface area contributed by atoms with Crippen LogP contribution in [0, 0.1) is 0 Å². The number of nitrogens with one attached hydrogen (secondary N) is 1. The van der Waals surface area contributed by atoms with Crippen molar-refractivity contribution in [1.82, 2.24) is 9.88 Å². The summed E-state index contributed by atoms with van der Waals surface area (Å²) in [7, 11) is 0. The highest BCUT2D eigenvalue weighted by molar-refractivity contribution is 7.07. The van der Waals surface area contributed by atoms with Gasteiger partial charge in [0.05, 0.1) is 12.5 Å². The van der Waals surface area contributed by atoms with Gasteiger partial charge in [-0.2, -0.15) is 0 Å². The van der Waals surface area contributed by atoms with E-state index in [-0.39, 0.29) is 5.91 Å². The Morgan fingerprint density at radius 2 is 1.83 bits per heavy atom. The molecule has 162 valence electrons. The van der Waals surface area contributed by atoms with Crippen molar-refractivity contribution < 1.29 is 4.79 Å². The van der Waals surface area contributed by atoms with Gasteiger partial charge in [0.2, 0.25) is 5.91 Å². The average molecular weight is 426 g/mol. The highest BCUT2D eigenvalue weighted by Crippen LogP contribution is 2.35. The molecule has 0 aliphatic heterocycles. The largest absolute Gasteiger partial charge is 0.352 e. The molecule has 0 atom stereocenters. The Balaban J connectivity index is 1.35. The molecule has 2 aromatic rings. The summed E-state index contributed by atoms with van der Waals surface area (Å²) in [6.45, 7) is 2.82. The normalized spacial score (nSPS) is 18.0. The lowest BCUT2D eigenvalue weighted by Crippen LogP contribution is -2.27. The number of carbonyl (C=O) groups excluding carboxylic acids is 1. The zero-order valence-corrected chi connectivity index (χ0v) is 19.1. The molecule has 0 unspecified atom stereocenters. The molecule has 1 amide bonds. The molecule has 5 heteroatoms. The van der Waals surface area contributed by atoms with Crippen molar-refractivity contribution in [3.63, 3.8) is 0 Å². The number of nitrogens with zero attached hydrogens (tertiary/aromatic N) is 2. The minimum Gasteiger partial charge on any atom is -0.352 e. The molecule has 1 aromatic heterocycles. The molecular formula is C25H35N3OS. The number of aromatic nitrogens is 1. The second-order valence-electron chi connectivity index (χ2n) is 8.91. The Kier molecular flexibility index (Phi) is 7.42. The highest BCUT2D eigenvalue weighted by atomic mass is 32.1. The van der Waals surface area contributed by atoms with Crippen LogP contribution in [0.2, 0.25) is 0 Å². The van der Waals surface area contributed by atoms with Gasteiger partial charge in [0.15, 0.2) is 4.80 Å². The van der Waals surface area contributed by atoms with E-state index < -0.39 is 0 Å². The van der Waals surface area contributed by atoms with E-state index in [0.717, 1.165) is 22.5 Å². The molecule has 1 heterocycles. The summed E-state index contributed by atoms with van der Waals surface area (Å²) in [4.78, 5) is 18.9. The van der Waals surface area contributed by atoms with Gasteiger partial charge in [0.25, 0.3) is 0 Å². The number of hydrogen-bond acceptors (Lipinski definition) is 3. The quantitative estimate of drug-likeness (QED) is 0.581. The monoisotopic (exact) mass is 425 g/mol. The first-order chi connectivity index (χ1) is 14.7. The summed E-state index contributed by atoms with van der Waals surface area (Å²) < 4.78 is 2.36. The molecule has 4 rings (SSSR count). The number of benzene rings is 1. The maximum absolute atomic E-state index is 12.6. The van der Waals surface area contributed by atoms with E-state index in [9.17, 15) is 4.79 Å². The van der Waals surface area contributed by atoms with Crippen LogP contribution in [-0.4, -0.2) is 16.5 Å². The second kappa shape index (κ2) is 10.4. The zero-order valence-electron chi connectivity index (χ0n) is 18.2. The summed E-state index contributed by atoms with van der Waals surface area (Å²) in [5, 5.41) is 5.26. The lowest BCUT2D eigenvalue weighted by Gasteiger charge is -2.17. The van der Waals surface area contributed by atoms with Crippen LogP contribution in [0.3, 0.4) is 0 Å². The Morgan fingerprint density at radius 1 is 1.10 bits per heavy atom.